The van der Waals surface area contributed by atoms with Crippen LogP contribution in [0.1, 0.15) is 28.8 Å². The Morgan fingerprint density at radius 3 is 2.23 bits per heavy atom. The average Bonchev–Trinajstić information content (AvgIpc) is 2.77. The third-order valence-corrected chi connectivity index (χ3v) is 5.37. The summed E-state index contributed by atoms with van der Waals surface area (Å²) in [5.74, 6) is -1.68. The second-order valence-corrected chi connectivity index (χ2v) is 7.42. The Balaban J connectivity index is 1.50. The Kier molecular flexibility index (Phi) is 7.06. The molecule has 1 fully saturated rings. The van der Waals surface area contributed by atoms with E-state index in [1.54, 1.807) is 35.2 Å². The minimum absolute atomic E-state index is 0.0603. The lowest BCUT2D eigenvalue weighted by atomic mass is 10.1. The van der Waals surface area contributed by atoms with Crippen molar-refractivity contribution >= 4 is 23.5 Å². The molecule has 0 unspecified atom stereocenters. The largest absolute Gasteiger partial charge is 0.480 e. The molecule has 158 valence electrons. The van der Waals surface area contributed by atoms with Crippen LogP contribution in [0, 0.1) is 6.92 Å². The van der Waals surface area contributed by atoms with Crippen molar-refractivity contribution in [1.82, 2.24) is 10.2 Å². The molecule has 1 atom stereocenters. The SMILES string of the molecule is Cc1ccccc1N1CCN(C(=O)CC[C@H](NC(=O)c2ccccc2)C(=O)O)CC1. The zero-order chi connectivity index (χ0) is 21.5. The first-order valence-electron chi connectivity index (χ1n) is 10.1. The van der Waals surface area contributed by atoms with Gasteiger partial charge in [-0.1, -0.05) is 36.4 Å². The van der Waals surface area contributed by atoms with E-state index in [1.807, 2.05) is 12.1 Å². The molecule has 0 saturated carbocycles. The van der Waals surface area contributed by atoms with Gasteiger partial charge in [-0.15, -0.1) is 0 Å². The molecule has 0 spiro atoms. The number of benzene rings is 2. The number of hydrogen-bond donors (Lipinski definition) is 2. The summed E-state index contributed by atoms with van der Waals surface area (Å²) in [6.07, 6.45) is 0.140. The zero-order valence-corrected chi connectivity index (χ0v) is 17.1. The fourth-order valence-electron chi connectivity index (χ4n) is 3.63. The van der Waals surface area contributed by atoms with E-state index in [0.717, 1.165) is 13.1 Å². The van der Waals surface area contributed by atoms with Crippen LogP contribution in [0.25, 0.3) is 0 Å². The molecule has 0 aromatic heterocycles. The highest BCUT2D eigenvalue weighted by atomic mass is 16.4. The molecule has 0 aliphatic carbocycles. The van der Waals surface area contributed by atoms with E-state index in [9.17, 15) is 19.5 Å². The maximum atomic E-state index is 12.6. The van der Waals surface area contributed by atoms with Crippen LogP contribution in [0.3, 0.4) is 0 Å². The third-order valence-electron chi connectivity index (χ3n) is 5.37. The summed E-state index contributed by atoms with van der Waals surface area (Å²) < 4.78 is 0. The van der Waals surface area contributed by atoms with Gasteiger partial charge in [-0.05, 0) is 37.1 Å². The highest BCUT2D eigenvalue weighted by Gasteiger charge is 2.25. The predicted molar refractivity (Wildman–Crippen MR) is 115 cm³/mol. The summed E-state index contributed by atoms with van der Waals surface area (Å²) in [4.78, 5) is 40.4. The Morgan fingerprint density at radius 2 is 1.60 bits per heavy atom. The molecular weight excluding hydrogens is 382 g/mol. The molecule has 3 rings (SSSR count). The van der Waals surface area contributed by atoms with Crippen molar-refractivity contribution in [3.05, 3.63) is 65.7 Å². The maximum Gasteiger partial charge on any atom is 0.326 e. The smallest absolute Gasteiger partial charge is 0.326 e. The van der Waals surface area contributed by atoms with E-state index < -0.39 is 17.9 Å². The molecule has 7 nitrogen and oxygen atoms in total. The van der Waals surface area contributed by atoms with E-state index in [2.05, 4.69) is 29.3 Å². The van der Waals surface area contributed by atoms with Gasteiger partial charge in [0.2, 0.25) is 5.91 Å². The van der Waals surface area contributed by atoms with Crippen molar-refractivity contribution in [3.63, 3.8) is 0 Å². The van der Waals surface area contributed by atoms with Gasteiger partial charge < -0.3 is 20.2 Å². The van der Waals surface area contributed by atoms with Crippen LogP contribution >= 0.6 is 0 Å². The van der Waals surface area contributed by atoms with Crippen molar-refractivity contribution in [2.45, 2.75) is 25.8 Å². The third kappa shape index (κ3) is 5.37. The highest BCUT2D eigenvalue weighted by molar-refractivity contribution is 5.96. The first-order chi connectivity index (χ1) is 14.5. The monoisotopic (exact) mass is 409 g/mol. The Morgan fingerprint density at radius 1 is 0.967 bits per heavy atom. The maximum absolute atomic E-state index is 12.6. The number of anilines is 1. The zero-order valence-electron chi connectivity index (χ0n) is 17.1. The molecule has 2 amide bonds. The van der Waals surface area contributed by atoms with Gasteiger partial charge in [0, 0.05) is 43.9 Å². The van der Waals surface area contributed by atoms with Crippen molar-refractivity contribution in [3.8, 4) is 0 Å². The minimum Gasteiger partial charge on any atom is -0.480 e. The lowest BCUT2D eigenvalue weighted by molar-refractivity contribution is -0.139. The fraction of sp³-hybridized carbons (Fsp3) is 0.348. The van der Waals surface area contributed by atoms with E-state index in [1.165, 1.54) is 11.3 Å². The van der Waals surface area contributed by atoms with Crippen LogP contribution in [0.15, 0.2) is 54.6 Å². The van der Waals surface area contributed by atoms with Gasteiger partial charge in [0.25, 0.3) is 5.91 Å². The van der Waals surface area contributed by atoms with Gasteiger partial charge in [0.1, 0.15) is 6.04 Å². The molecule has 1 saturated heterocycles. The Labute approximate surface area is 176 Å². The Hall–Kier alpha value is -3.35. The number of hydrogen-bond acceptors (Lipinski definition) is 4. The lowest BCUT2D eigenvalue weighted by Gasteiger charge is -2.37. The van der Waals surface area contributed by atoms with Gasteiger partial charge >= 0.3 is 5.97 Å². The topological polar surface area (TPSA) is 90.0 Å². The van der Waals surface area contributed by atoms with E-state index in [0.29, 0.717) is 18.7 Å². The molecule has 2 aromatic carbocycles. The number of nitrogens with zero attached hydrogens (tertiary/aromatic N) is 2. The minimum atomic E-state index is -1.14. The number of rotatable bonds is 7. The lowest BCUT2D eigenvalue weighted by Crippen LogP contribution is -2.49. The summed E-state index contributed by atoms with van der Waals surface area (Å²) in [5, 5.41) is 11.9. The molecule has 2 aromatic rings. The van der Waals surface area contributed by atoms with Gasteiger partial charge in [0.05, 0.1) is 0 Å². The molecule has 0 radical (unpaired) electrons. The first-order valence-corrected chi connectivity index (χ1v) is 10.1. The summed E-state index contributed by atoms with van der Waals surface area (Å²) in [6.45, 7) is 4.75. The molecule has 1 heterocycles. The van der Waals surface area contributed by atoms with Crippen molar-refractivity contribution < 1.29 is 19.5 Å². The molecule has 7 heteroatoms. The summed E-state index contributed by atoms with van der Waals surface area (Å²) >= 11 is 0. The number of carbonyl (C=O) groups is 3. The number of piperazine rings is 1. The van der Waals surface area contributed by atoms with Crippen LogP contribution in [-0.4, -0.2) is 60.0 Å². The number of nitrogens with one attached hydrogen (secondary N) is 1. The first kappa shape index (κ1) is 21.4. The van der Waals surface area contributed by atoms with Crippen LogP contribution in [-0.2, 0) is 9.59 Å². The second kappa shape index (κ2) is 9.91. The summed E-state index contributed by atoms with van der Waals surface area (Å²) in [5.41, 5.74) is 2.78. The molecular formula is C23H27N3O4. The van der Waals surface area contributed by atoms with E-state index in [-0.39, 0.29) is 18.7 Å². The number of carboxylic acids is 1. The van der Waals surface area contributed by atoms with Crippen molar-refractivity contribution in [1.29, 1.82) is 0 Å². The molecule has 2 N–H and O–H groups in total. The predicted octanol–water partition coefficient (Wildman–Crippen LogP) is 2.31. The number of para-hydroxylation sites is 1. The van der Waals surface area contributed by atoms with E-state index in [4.69, 9.17) is 0 Å². The van der Waals surface area contributed by atoms with Crippen LogP contribution in [0.5, 0.6) is 0 Å². The normalized spacial score (nSPS) is 14.8. The van der Waals surface area contributed by atoms with Crippen molar-refractivity contribution in [2.75, 3.05) is 31.1 Å². The summed E-state index contributed by atoms with van der Waals surface area (Å²) in [6, 6.07) is 15.5. The number of carboxylic acid groups (broad SMARTS) is 1. The fourth-order valence-corrected chi connectivity index (χ4v) is 3.63. The van der Waals surface area contributed by atoms with Crippen LogP contribution < -0.4 is 10.2 Å². The number of carbonyl (C=O) groups excluding carboxylic acids is 2. The molecule has 30 heavy (non-hydrogen) atoms. The van der Waals surface area contributed by atoms with Crippen LogP contribution in [0.2, 0.25) is 0 Å². The van der Waals surface area contributed by atoms with Gasteiger partial charge in [-0.25, -0.2) is 4.79 Å². The van der Waals surface area contributed by atoms with Crippen molar-refractivity contribution in [2.24, 2.45) is 0 Å². The molecule has 1 aliphatic heterocycles. The van der Waals surface area contributed by atoms with Gasteiger partial charge in [0.15, 0.2) is 0 Å². The summed E-state index contributed by atoms with van der Waals surface area (Å²) in [7, 11) is 0. The number of amides is 2. The number of aliphatic carboxylic acids is 1. The molecule has 0 bridgehead atoms. The second-order valence-electron chi connectivity index (χ2n) is 7.42. The van der Waals surface area contributed by atoms with E-state index >= 15 is 0 Å². The standard InChI is InChI=1S/C23H27N3O4/c1-17-7-5-6-10-20(17)25-13-15-26(16-14-25)21(27)12-11-19(23(29)30)24-22(28)18-8-3-2-4-9-18/h2-10,19H,11-16H2,1H3,(H,24,28)(H,29,30)/t19-/m0/s1. The average molecular weight is 409 g/mol. The number of aryl methyl sites for hydroxylation is 1. The molecule has 1 aliphatic rings. The van der Waals surface area contributed by atoms with Gasteiger partial charge in [-0.2, -0.15) is 0 Å². The Bertz CT molecular complexity index is 892. The highest BCUT2D eigenvalue weighted by Crippen LogP contribution is 2.21. The van der Waals surface area contributed by atoms with Gasteiger partial charge in [-0.3, -0.25) is 9.59 Å². The van der Waals surface area contributed by atoms with Crippen LogP contribution in [0.4, 0.5) is 5.69 Å². The quantitative estimate of drug-likeness (QED) is 0.732.